The quantitative estimate of drug-likeness (QED) is 0.208. The molecule has 0 spiro atoms. The Hall–Kier alpha value is -3.86. The number of pyridine rings is 1. The number of carbonyl (C=O) groups excluding carboxylic acids is 3. The van der Waals surface area contributed by atoms with Gasteiger partial charge in [-0.2, -0.15) is 0 Å². The van der Waals surface area contributed by atoms with Crippen LogP contribution in [0.2, 0.25) is 0 Å². The van der Waals surface area contributed by atoms with Crippen molar-refractivity contribution in [1.82, 2.24) is 30.2 Å². The van der Waals surface area contributed by atoms with Gasteiger partial charge in [0, 0.05) is 80.1 Å². The first-order chi connectivity index (χ1) is 29.3. The molecule has 5 heterocycles. The number of ether oxygens (including phenoxy) is 4. The van der Waals surface area contributed by atoms with Gasteiger partial charge >= 0.3 is 5.97 Å². The summed E-state index contributed by atoms with van der Waals surface area (Å²) in [5.41, 5.74) is 8.96. The number of rotatable bonds is 13. The molecule has 2 amide bonds. The van der Waals surface area contributed by atoms with Gasteiger partial charge in [0.05, 0.1) is 43.4 Å². The van der Waals surface area contributed by atoms with E-state index in [2.05, 4.69) is 79.1 Å². The van der Waals surface area contributed by atoms with Gasteiger partial charge in [-0.3, -0.25) is 29.4 Å². The maximum atomic E-state index is 14.8. The summed E-state index contributed by atoms with van der Waals surface area (Å²) in [5.74, 6) is -0.0964. The smallest absolute Gasteiger partial charge is 0.324 e. The van der Waals surface area contributed by atoms with Gasteiger partial charge in [0.2, 0.25) is 5.91 Å². The molecule has 15 heteroatoms. The van der Waals surface area contributed by atoms with Gasteiger partial charge in [-0.05, 0) is 87.4 Å². The zero-order chi connectivity index (χ0) is 43.6. The minimum Gasteiger partial charge on any atom is -0.464 e. The molecule has 14 nitrogen and oxygen atoms in total. The number of benzene rings is 1. The minimum absolute atomic E-state index is 0.169. The Morgan fingerprint density at radius 3 is 2.64 bits per heavy atom. The first-order valence-corrected chi connectivity index (χ1v) is 22.9. The van der Waals surface area contributed by atoms with Crippen LogP contribution in [0.3, 0.4) is 0 Å². The van der Waals surface area contributed by atoms with Gasteiger partial charge in [0.15, 0.2) is 0 Å². The van der Waals surface area contributed by atoms with Crippen molar-refractivity contribution >= 4 is 45.5 Å². The number of nitrogens with one attached hydrogen (secondary N) is 2. The first kappa shape index (κ1) is 45.2. The number of thioether (sulfide) groups is 1. The number of methoxy groups -OCH3 is 2. The molecule has 4 aliphatic rings. The lowest BCUT2D eigenvalue weighted by molar-refractivity contribution is -0.156. The van der Waals surface area contributed by atoms with E-state index in [4.69, 9.17) is 28.9 Å². The molecule has 2 unspecified atom stereocenters. The van der Waals surface area contributed by atoms with Gasteiger partial charge in [0.25, 0.3) is 5.91 Å². The van der Waals surface area contributed by atoms with Gasteiger partial charge < -0.3 is 33.7 Å². The molecule has 3 aromatic rings. The number of hydrazine groups is 1. The lowest BCUT2D eigenvalue weighted by Gasteiger charge is -2.37. The van der Waals surface area contributed by atoms with E-state index in [0.29, 0.717) is 62.9 Å². The number of hydrogen-bond acceptors (Lipinski definition) is 12. The average Bonchev–Trinajstić information content (AvgIpc) is 3.54. The van der Waals surface area contributed by atoms with E-state index in [0.717, 1.165) is 45.5 Å². The molecule has 1 saturated carbocycles. The normalized spacial score (nSPS) is 27.1. The summed E-state index contributed by atoms with van der Waals surface area (Å²) in [6.45, 7) is 16.0. The largest absolute Gasteiger partial charge is 0.464 e. The molecule has 2 N–H and O–H groups in total. The molecule has 0 radical (unpaired) electrons. The van der Waals surface area contributed by atoms with E-state index in [9.17, 15) is 14.4 Å². The minimum atomic E-state index is -1.08. The number of nitrogens with zero attached hydrogens (tertiary/aromatic N) is 5. The summed E-state index contributed by atoms with van der Waals surface area (Å²) in [5, 5.41) is 6.41. The molecule has 1 aliphatic carbocycles. The van der Waals surface area contributed by atoms with E-state index in [1.165, 1.54) is 5.01 Å². The second-order valence-corrected chi connectivity index (χ2v) is 19.1. The van der Waals surface area contributed by atoms with Crippen LogP contribution in [0.1, 0.15) is 83.4 Å². The summed E-state index contributed by atoms with van der Waals surface area (Å²) in [7, 11) is 5.38. The Morgan fingerprint density at radius 2 is 1.92 bits per heavy atom. The van der Waals surface area contributed by atoms with Crippen LogP contribution in [0.25, 0.3) is 22.2 Å². The van der Waals surface area contributed by atoms with Crippen LogP contribution in [0, 0.1) is 23.2 Å². The molecule has 61 heavy (non-hydrogen) atoms. The molecule has 332 valence electrons. The van der Waals surface area contributed by atoms with E-state index in [1.807, 2.05) is 26.2 Å². The van der Waals surface area contributed by atoms with Crippen molar-refractivity contribution in [2.24, 2.45) is 28.2 Å². The predicted molar refractivity (Wildman–Crippen MR) is 238 cm³/mol. The summed E-state index contributed by atoms with van der Waals surface area (Å²) >= 11 is 1.57. The number of aromatic nitrogens is 2. The van der Waals surface area contributed by atoms with Crippen LogP contribution in [-0.4, -0.2) is 127 Å². The Kier molecular flexibility index (Phi) is 14.3. The fourth-order valence-corrected chi connectivity index (χ4v) is 10.2. The lowest BCUT2D eigenvalue weighted by Crippen LogP contribution is -2.63. The monoisotopic (exact) mass is 859 g/mol. The molecule has 6 bridgehead atoms. The number of amides is 2. The number of likely N-dealkylation sites (N-methyl/N-ethyl adjacent to an activating group) is 1. The highest BCUT2D eigenvalue weighted by molar-refractivity contribution is 8.14. The Balaban J connectivity index is 1.36. The molecule has 1 saturated heterocycles. The number of carbonyl (C=O) groups is 3. The average molecular weight is 860 g/mol. The highest BCUT2D eigenvalue weighted by atomic mass is 32.2. The van der Waals surface area contributed by atoms with Gasteiger partial charge in [-0.15, -0.1) is 11.8 Å². The van der Waals surface area contributed by atoms with Gasteiger partial charge in [-0.1, -0.05) is 33.8 Å². The fourth-order valence-electron chi connectivity index (χ4n) is 9.08. The fraction of sp³-hybridized carbons (Fsp3) is 0.630. The maximum absolute atomic E-state index is 14.8. The number of hydrogen-bond donors (Lipinski definition) is 2. The van der Waals surface area contributed by atoms with Gasteiger partial charge in [0.1, 0.15) is 23.2 Å². The third-order valence-electron chi connectivity index (χ3n) is 13.1. The van der Waals surface area contributed by atoms with E-state index in [1.54, 1.807) is 26.0 Å². The topological polar surface area (TPSA) is 149 Å². The Morgan fingerprint density at radius 1 is 1.15 bits per heavy atom. The molecule has 1 aromatic carbocycles. The van der Waals surface area contributed by atoms with Gasteiger partial charge in [-0.25, -0.2) is 5.43 Å². The Labute approximate surface area is 364 Å². The van der Waals surface area contributed by atoms with Crippen molar-refractivity contribution in [3.8, 4) is 11.3 Å². The van der Waals surface area contributed by atoms with Crippen LogP contribution >= 0.6 is 11.8 Å². The van der Waals surface area contributed by atoms with Crippen LogP contribution in [-0.2, 0) is 46.3 Å². The van der Waals surface area contributed by atoms with E-state index in [-0.39, 0.29) is 48.3 Å². The standard InChI is InChI=1S/C46H65N7O7S/c1-10-52-36-16-15-30-23-32(36)33(40(52)31-13-11-17-47-38(31)29(4)58-9)24-46(5,6)26-60-45(56)34-14-12-18-53(50-34)44(55)39(49-42(54)37-27(2)28(37)3)41(43-48-35(30)25-61-43)59-22-20-51(7)19-21-57-8/h11,13,15-17,23,27-29,34-35,37,39,41,50H,10,12,14,18-22,24-26H2,1-9H3,(H,49,54)/t27-,28+,29-,34-,35?,37?,39-,41-/m0/s1. The number of aliphatic imine (C=N–C) groups is 1. The highest BCUT2D eigenvalue weighted by Gasteiger charge is 2.50. The maximum Gasteiger partial charge on any atom is 0.324 e. The molecule has 2 aromatic heterocycles. The Bertz CT molecular complexity index is 2100. The molecule has 7 rings (SSSR count). The van der Waals surface area contributed by atoms with Crippen molar-refractivity contribution in [2.45, 2.75) is 97.7 Å². The summed E-state index contributed by atoms with van der Waals surface area (Å²) in [4.78, 5) is 55.0. The van der Waals surface area contributed by atoms with E-state index >= 15 is 0 Å². The van der Waals surface area contributed by atoms with E-state index < -0.39 is 29.6 Å². The summed E-state index contributed by atoms with van der Waals surface area (Å²) < 4.78 is 26.3. The van der Waals surface area contributed by atoms with Crippen molar-refractivity contribution in [3.05, 3.63) is 53.3 Å². The van der Waals surface area contributed by atoms with Crippen molar-refractivity contribution < 1.29 is 33.3 Å². The zero-order valence-corrected chi connectivity index (χ0v) is 38.2. The zero-order valence-electron chi connectivity index (χ0n) is 37.4. The second kappa shape index (κ2) is 19.3. The first-order valence-electron chi connectivity index (χ1n) is 21.9. The van der Waals surface area contributed by atoms with Crippen LogP contribution < -0.4 is 10.7 Å². The summed E-state index contributed by atoms with van der Waals surface area (Å²) in [6, 6.07) is 8.66. The summed E-state index contributed by atoms with van der Waals surface area (Å²) in [6.07, 6.45) is 2.42. The van der Waals surface area contributed by atoms with Crippen LogP contribution in [0.5, 0.6) is 0 Å². The van der Waals surface area contributed by atoms with Crippen molar-refractivity contribution in [3.63, 3.8) is 0 Å². The third kappa shape index (κ3) is 9.72. The molecular weight excluding hydrogens is 795 g/mol. The third-order valence-corrected chi connectivity index (χ3v) is 14.2. The highest BCUT2D eigenvalue weighted by Crippen LogP contribution is 2.46. The SMILES string of the molecule is CCn1c(-c2cccnc2[C@H](C)OC)c2c3cc(ccc31)C1CSC(=N1)[C@@H](OCCN(C)CCOC)[C@H](NC(=O)C1[C@@H](C)[C@H]1C)C(=O)N1CCC[C@H](N1)C(=O)OCC(C)(C)C2. The van der Waals surface area contributed by atoms with Crippen molar-refractivity contribution in [2.75, 3.05) is 66.5 Å². The second-order valence-electron chi connectivity index (χ2n) is 18.0. The van der Waals surface area contributed by atoms with Crippen LogP contribution in [0.4, 0.5) is 0 Å². The lowest BCUT2D eigenvalue weighted by atomic mass is 9.84. The molecular formula is C46H65N7O7S. The number of fused-ring (bicyclic) bond motifs is 5. The molecule has 2 fully saturated rings. The number of esters is 1. The van der Waals surface area contributed by atoms with Crippen LogP contribution in [0.15, 0.2) is 41.5 Å². The molecule has 8 atom stereocenters. The number of cyclic esters (lactones) is 1. The predicted octanol–water partition coefficient (Wildman–Crippen LogP) is 5.59. The van der Waals surface area contributed by atoms with Crippen molar-refractivity contribution in [1.29, 1.82) is 0 Å². The molecule has 3 aliphatic heterocycles. The number of aryl methyl sites for hydroxylation is 1.